The van der Waals surface area contributed by atoms with Gasteiger partial charge < -0.3 is 4.57 Å². The van der Waals surface area contributed by atoms with Gasteiger partial charge >= 0.3 is 0 Å². The zero-order valence-corrected chi connectivity index (χ0v) is 21.2. The van der Waals surface area contributed by atoms with Gasteiger partial charge in [-0.05, 0) is 107 Å². The van der Waals surface area contributed by atoms with E-state index in [1.165, 1.54) is 15.7 Å². The standard InChI is InChI=1S/C27H21IN2O2S/c1-17-13-22(18(2)30(17)24-12-9-20-5-3-4-6-21(20)14-24)15-25-26(31)29(27(32)33-25)16-19-7-10-23(28)11-8-19/h3-15H,16H2,1-2H3/b25-15-. The van der Waals surface area contributed by atoms with Gasteiger partial charge in [-0.25, -0.2) is 0 Å². The number of imide groups is 1. The summed E-state index contributed by atoms with van der Waals surface area (Å²) in [6.07, 6.45) is 1.85. The van der Waals surface area contributed by atoms with Gasteiger partial charge in [-0.15, -0.1) is 0 Å². The molecule has 0 bridgehead atoms. The van der Waals surface area contributed by atoms with Crippen molar-refractivity contribution in [2.75, 3.05) is 0 Å². The van der Waals surface area contributed by atoms with E-state index in [9.17, 15) is 9.59 Å². The second-order valence-electron chi connectivity index (χ2n) is 8.09. The third kappa shape index (κ3) is 4.25. The zero-order valence-electron chi connectivity index (χ0n) is 18.2. The second kappa shape index (κ2) is 8.83. The number of halogens is 1. The Kier molecular flexibility index (Phi) is 5.88. The smallest absolute Gasteiger partial charge is 0.293 e. The number of nitrogens with zero attached hydrogens (tertiary/aromatic N) is 2. The van der Waals surface area contributed by atoms with Crippen molar-refractivity contribution in [2.45, 2.75) is 20.4 Å². The number of aryl methyl sites for hydroxylation is 1. The number of carbonyl (C=O) groups is 2. The molecule has 0 aliphatic carbocycles. The largest absolute Gasteiger partial charge is 0.318 e. The van der Waals surface area contributed by atoms with Crippen LogP contribution >= 0.6 is 34.4 Å². The fourth-order valence-electron chi connectivity index (χ4n) is 4.20. The molecule has 0 radical (unpaired) electrons. The molecule has 0 atom stereocenters. The minimum absolute atomic E-state index is 0.229. The second-order valence-corrected chi connectivity index (χ2v) is 10.3. The topological polar surface area (TPSA) is 42.3 Å². The molecule has 4 nitrogen and oxygen atoms in total. The van der Waals surface area contributed by atoms with E-state index in [2.05, 4.69) is 70.5 Å². The summed E-state index contributed by atoms with van der Waals surface area (Å²) in [5.74, 6) is -0.237. The number of fused-ring (bicyclic) bond motifs is 1. The van der Waals surface area contributed by atoms with Crippen molar-refractivity contribution in [2.24, 2.45) is 0 Å². The number of carbonyl (C=O) groups excluding carboxylic acids is 2. The van der Waals surface area contributed by atoms with Crippen LogP contribution in [-0.4, -0.2) is 20.6 Å². The maximum Gasteiger partial charge on any atom is 0.293 e. The lowest BCUT2D eigenvalue weighted by molar-refractivity contribution is -0.123. The summed E-state index contributed by atoms with van der Waals surface area (Å²) in [5, 5.41) is 2.15. The number of hydrogen-bond donors (Lipinski definition) is 0. The normalized spacial score (nSPS) is 15.2. The molecule has 2 heterocycles. The highest BCUT2D eigenvalue weighted by Gasteiger charge is 2.35. The molecule has 1 aromatic heterocycles. The monoisotopic (exact) mass is 564 g/mol. The van der Waals surface area contributed by atoms with Gasteiger partial charge in [-0.1, -0.05) is 42.5 Å². The van der Waals surface area contributed by atoms with Crippen molar-refractivity contribution in [1.29, 1.82) is 0 Å². The Bertz CT molecular complexity index is 1440. The van der Waals surface area contributed by atoms with Crippen LogP contribution in [0.5, 0.6) is 0 Å². The highest BCUT2D eigenvalue weighted by atomic mass is 127. The van der Waals surface area contributed by atoms with Crippen LogP contribution in [0.25, 0.3) is 22.5 Å². The van der Waals surface area contributed by atoms with Crippen molar-refractivity contribution >= 4 is 62.3 Å². The predicted molar refractivity (Wildman–Crippen MR) is 143 cm³/mol. The average molecular weight is 564 g/mol. The molecule has 1 aliphatic heterocycles. The summed E-state index contributed by atoms with van der Waals surface area (Å²) >= 11 is 3.25. The van der Waals surface area contributed by atoms with Crippen LogP contribution in [0.15, 0.2) is 77.7 Å². The molecule has 5 rings (SSSR count). The van der Waals surface area contributed by atoms with Crippen molar-refractivity contribution < 1.29 is 9.59 Å². The van der Waals surface area contributed by atoms with E-state index >= 15 is 0 Å². The van der Waals surface area contributed by atoms with E-state index in [0.29, 0.717) is 4.91 Å². The SMILES string of the molecule is Cc1cc(/C=C2\SC(=O)N(Cc3ccc(I)cc3)C2=O)c(C)n1-c1ccc2ccccc2c1. The molecular formula is C27H21IN2O2S. The molecule has 0 N–H and O–H groups in total. The van der Waals surface area contributed by atoms with Gasteiger partial charge in [-0.2, -0.15) is 0 Å². The highest BCUT2D eigenvalue weighted by Crippen LogP contribution is 2.35. The molecule has 0 spiro atoms. The van der Waals surface area contributed by atoms with E-state index in [0.717, 1.165) is 43.5 Å². The maximum absolute atomic E-state index is 13.0. The van der Waals surface area contributed by atoms with Crippen molar-refractivity contribution in [3.05, 3.63) is 104 Å². The minimum atomic E-state index is -0.237. The first-order valence-corrected chi connectivity index (χ1v) is 12.5. The molecule has 33 heavy (non-hydrogen) atoms. The minimum Gasteiger partial charge on any atom is -0.318 e. The Morgan fingerprint density at radius 2 is 1.64 bits per heavy atom. The molecule has 6 heteroatoms. The Hall–Kier alpha value is -2.84. The summed E-state index contributed by atoms with van der Waals surface area (Å²) < 4.78 is 3.31. The zero-order chi connectivity index (χ0) is 23.1. The third-order valence-electron chi connectivity index (χ3n) is 5.88. The van der Waals surface area contributed by atoms with E-state index < -0.39 is 0 Å². The Labute approximate surface area is 210 Å². The number of benzene rings is 3. The van der Waals surface area contributed by atoms with Crippen LogP contribution < -0.4 is 0 Å². The molecule has 2 amide bonds. The lowest BCUT2D eigenvalue weighted by Crippen LogP contribution is -2.27. The summed E-state index contributed by atoms with van der Waals surface area (Å²) in [6, 6.07) is 24.6. The third-order valence-corrected chi connectivity index (χ3v) is 7.50. The van der Waals surface area contributed by atoms with E-state index in [1.54, 1.807) is 0 Å². The van der Waals surface area contributed by atoms with Gasteiger partial charge in [0.25, 0.3) is 11.1 Å². The fourth-order valence-corrected chi connectivity index (χ4v) is 5.39. The molecule has 1 aliphatic rings. The first-order valence-electron chi connectivity index (χ1n) is 10.6. The van der Waals surface area contributed by atoms with Crippen molar-refractivity contribution in [3.8, 4) is 5.69 Å². The lowest BCUT2D eigenvalue weighted by atomic mass is 10.1. The van der Waals surface area contributed by atoms with Gasteiger partial charge in [-0.3, -0.25) is 14.5 Å². The fraction of sp³-hybridized carbons (Fsp3) is 0.111. The highest BCUT2D eigenvalue weighted by molar-refractivity contribution is 14.1. The van der Waals surface area contributed by atoms with Gasteiger partial charge in [0, 0.05) is 20.6 Å². The number of aromatic nitrogens is 1. The van der Waals surface area contributed by atoms with Crippen LogP contribution in [-0.2, 0) is 11.3 Å². The molecule has 164 valence electrons. The summed E-state index contributed by atoms with van der Waals surface area (Å²) in [7, 11) is 0. The molecule has 3 aromatic carbocycles. The quantitative estimate of drug-likeness (QED) is 0.196. The van der Waals surface area contributed by atoms with Gasteiger partial charge in [0.05, 0.1) is 11.4 Å². The van der Waals surface area contributed by atoms with Gasteiger partial charge in [0.1, 0.15) is 0 Å². The van der Waals surface area contributed by atoms with Crippen molar-refractivity contribution in [1.82, 2.24) is 9.47 Å². The van der Waals surface area contributed by atoms with Crippen LogP contribution in [0, 0.1) is 17.4 Å². The van der Waals surface area contributed by atoms with E-state index in [-0.39, 0.29) is 17.7 Å². The molecule has 1 fully saturated rings. The number of rotatable bonds is 4. The Balaban J connectivity index is 1.45. The first kappa shape index (κ1) is 22.0. The predicted octanol–water partition coefficient (Wildman–Crippen LogP) is 7.09. The summed E-state index contributed by atoms with van der Waals surface area (Å²) in [4.78, 5) is 27.4. The molecular weight excluding hydrogens is 543 g/mol. The molecule has 4 aromatic rings. The average Bonchev–Trinajstić information content (AvgIpc) is 3.24. The van der Waals surface area contributed by atoms with Gasteiger partial charge in [0.15, 0.2) is 0 Å². The number of thioether (sulfide) groups is 1. The maximum atomic E-state index is 13.0. The van der Waals surface area contributed by atoms with Crippen LogP contribution in [0.2, 0.25) is 0 Å². The summed E-state index contributed by atoms with van der Waals surface area (Å²) in [6.45, 7) is 4.39. The Morgan fingerprint density at radius 3 is 2.39 bits per heavy atom. The van der Waals surface area contributed by atoms with Gasteiger partial charge in [0.2, 0.25) is 0 Å². The Morgan fingerprint density at radius 1 is 0.909 bits per heavy atom. The molecule has 0 saturated carbocycles. The van der Waals surface area contributed by atoms with E-state index in [4.69, 9.17) is 0 Å². The molecule has 1 saturated heterocycles. The van der Waals surface area contributed by atoms with Crippen LogP contribution in [0.3, 0.4) is 0 Å². The number of amides is 2. The summed E-state index contributed by atoms with van der Waals surface area (Å²) in [5.41, 5.74) is 5.07. The van der Waals surface area contributed by atoms with Crippen LogP contribution in [0.4, 0.5) is 4.79 Å². The molecule has 0 unspecified atom stereocenters. The first-order chi connectivity index (χ1) is 15.9. The van der Waals surface area contributed by atoms with Crippen molar-refractivity contribution in [3.63, 3.8) is 0 Å². The number of hydrogen-bond acceptors (Lipinski definition) is 3. The van der Waals surface area contributed by atoms with Crippen LogP contribution in [0.1, 0.15) is 22.5 Å². The van der Waals surface area contributed by atoms with E-state index in [1.807, 2.05) is 49.4 Å². The lowest BCUT2D eigenvalue weighted by Gasteiger charge is -2.12.